The van der Waals surface area contributed by atoms with E-state index in [1.54, 1.807) is 0 Å². The van der Waals surface area contributed by atoms with Gasteiger partial charge in [0.05, 0.1) is 11.4 Å². The van der Waals surface area contributed by atoms with E-state index in [1.807, 2.05) is 0 Å². The van der Waals surface area contributed by atoms with Crippen LogP contribution in [-0.2, 0) is 10.8 Å². The van der Waals surface area contributed by atoms with Crippen molar-refractivity contribution in [2.75, 3.05) is 9.80 Å². The highest BCUT2D eigenvalue weighted by atomic mass is 15.2. The molecule has 4 nitrogen and oxygen atoms in total. The smallest absolute Gasteiger partial charge is 0.252 e. The average molecular weight is 963 g/mol. The van der Waals surface area contributed by atoms with Crippen molar-refractivity contribution in [3.8, 4) is 33.9 Å². The lowest BCUT2D eigenvalue weighted by atomic mass is 9.33. The van der Waals surface area contributed by atoms with Gasteiger partial charge in [-0.05, 0) is 137 Å². The molecular weight excluding hydrogens is 908 g/mol. The van der Waals surface area contributed by atoms with Crippen molar-refractivity contribution in [2.24, 2.45) is 0 Å². The van der Waals surface area contributed by atoms with Crippen molar-refractivity contribution in [1.82, 2.24) is 9.97 Å². The monoisotopic (exact) mass is 962 g/mol. The maximum Gasteiger partial charge on any atom is 0.252 e. The topological polar surface area (TPSA) is 32.3 Å². The van der Waals surface area contributed by atoms with Crippen molar-refractivity contribution in [3.05, 3.63) is 236 Å². The first kappa shape index (κ1) is 44.9. The van der Waals surface area contributed by atoms with Crippen LogP contribution in [0.25, 0.3) is 77.0 Å². The Morgan fingerprint density at radius 1 is 0.347 bits per heavy atom. The molecule has 0 N–H and O–H groups in total. The molecule has 5 heteroatoms. The number of fused-ring (bicyclic) bond motifs is 10. The summed E-state index contributed by atoms with van der Waals surface area (Å²) in [4.78, 5) is 16.2. The fourth-order valence-corrected chi connectivity index (χ4v) is 12.0. The first-order valence-electron chi connectivity index (χ1n) is 26.3. The van der Waals surface area contributed by atoms with E-state index in [1.165, 1.54) is 82.0 Å². The highest BCUT2D eigenvalue weighted by Gasteiger charge is 2.45. The van der Waals surface area contributed by atoms with Crippen molar-refractivity contribution in [1.29, 1.82) is 0 Å². The first-order valence-corrected chi connectivity index (χ1v) is 26.3. The fourth-order valence-electron chi connectivity index (χ4n) is 12.0. The molecule has 12 aromatic rings. The Labute approximate surface area is 439 Å². The van der Waals surface area contributed by atoms with Gasteiger partial charge in [-0.2, -0.15) is 0 Å². The summed E-state index contributed by atoms with van der Waals surface area (Å²) < 4.78 is 0. The second kappa shape index (κ2) is 16.9. The van der Waals surface area contributed by atoms with Gasteiger partial charge < -0.3 is 9.80 Å². The maximum atomic E-state index is 5.54. The Bertz CT molecular complexity index is 3980. The number of aromatic nitrogens is 2. The number of anilines is 6. The molecule has 11 aromatic carbocycles. The highest BCUT2D eigenvalue weighted by molar-refractivity contribution is 7.00. The molecule has 2 aliphatic heterocycles. The Hall–Kier alpha value is -8.80. The van der Waals surface area contributed by atoms with Crippen LogP contribution in [0, 0.1) is 0 Å². The molecule has 0 spiro atoms. The molecule has 0 aliphatic carbocycles. The molecule has 0 atom stereocenters. The van der Waals surface area contributed by atoms with Gasteiger partial charge in [-0.3, -0.25) is 0 Å². The van der Waals surface area contributed by atoms with Crippen molar-refractivity contribution < 1.29 is 0 Å². The van der Waals surface area contributed by atoms with E-state index in [-0.39, 0.29) is 17.5 Å². The van der Waals surface area contributed by atoms with E-state index >= 15 is 0 Å². The molecule has 14 rings (SSSR count). The lowest BCUT2D eigenvalue weighted by molar-refractivity contribution is 0.590. The second-order valence-corrected chi connectivity index (χ2v) is 22.7. The molecule has 75 heavy (non-hydrogen) atoms. The zero-order chi connectivity index (χ0) is 50.7. The first-order chi connectivity index (χ1) is 36.4. The van der Waals surface area contributed by atoms with Crippen LogP contribution in [0.5, 0.6) is 0 Å². The van der Waals surface area contributed by atoms with Gasteiger partial charge in [0.1, 0.15) is 0 Å². The number of hydrogen-bond acceptors (Lipinski definition) is 4. The molecule has 0 saturated heterocycles. The summed E-state index contributed by atoms with van der Waals surface area (Å²) in [7, 11) is 0. The number of rotatable bonds is 5. The summed E-state index contributed by atoms with van der Waals surface area (Å²) in [6, 6.07) is 83.3. The van der Waals surface area contributed by atoms with Crippen LogP contribution in [0.3, 0.4) is 0 Å². The third-order valence-corrected chi connectivity index (χ3v) is 15.9. The van der Waals surface area contributed by atoms with Gasteiger partial charge in [0.25, 0.3) is 6.71 Å². The molecule has 358 valence electrons. The van der Waals surface area contributed by atoms with Crippen molar-refractivity contribution in [2.45, 2.75) is 52.4 Å². The van der Waals surface area contributed by atoms with Gasteiger partial charge >= 0.3 is 0 Å². The average Bonchev–Trinajstić information content (AvgIpc) is 3.44. The van der Waals surface area contributed by atoms with Crippen LogP contribution in [0.2, 0.25) is 0 Å². The lowest BCUT2D eigenvalue weighted by Crippen LogP contribution is -2.61. The second-order valence-electron chi connectivity index (χ2n) is 22.7. The predicted octanol–water partition coefficient (Wildman–Crippen LogP) is 16.8. The molecule has 0 unspecified atom stereocenters. The molecule has 0 bridgehead atoms. The quantitative estimate of drug-likeness (QED) is 0.127. The summed E-state index contributed by atoms with van der Waals surface area (Å²) in [5, 5.41) is 9.73. The number of benzene rings is 11. The summed E-state index contributed by atoms with van der Waals surface area (Å²) in [6.45, 7) is 13.6. The van der Waals surface area contributed by atoms with Crippen LogP contribution in [-0.4, -0.2) is 16.7 Å². The molecule has 0 radical (unpaired) electrons. The minimum atomic E-state index is -0.118. The van der Waals surface area contributed by atoms with Gasteiger partial charge in [0, 0.05) is 61.6 Å². The summed E-state index contributed by atoms with van der Waals surface area (Å²) in [5.74, 6) is 0.668. The zero-order valence-corrected chi connectivity index (χ0v) is 43.2. The number of nitrogens with zero attached hydrogens (tertiary/aromatic N) is 4. The van der Waals surface area contributed by atoms with E-state index in [4.69, 9.17) is 9.97 Å². The Morgan fingerprint density at radius 3 is 1.13 bits per heavy atom. The van der Waals surface area contributed by atoms with E-state index in [2.05, 4.69) is 276 Å². The standard InChI is InChI=1S/C70H55BN4/c1-69(2,3)53-27-31-55(32-28-53)74-63-41-52(68-72-61(44-17-9-7-10-18-44)43-62(73-68)45-19-11-8-12-20-45)42-64-65(63)71(59-35-25-50-37-46-21-13-15-23-48(46)39-57(50)66(59)74)60-36-26-51-38-47-22-14-16-24-49(47)40-58(51)67(60)75(64)56-33-29-54(30-34-56)70(4,5)6/h7-43H,1-6H3. The largest absolute Gasteiger partial charge is 0.311 e. The van der Waals surface area contributed by atoms with E-state index in [0.29, 0.717) is 5.82 Å². The van der Waals surface area contributed by atoms with E-state index in [0.717, 1.165) is 50.8 Å². The maximum absolute atomic E-state index is 5.54. The van der Waals surface area contributed by atoms with Crippen LogP contribution < -0.4 is 26.2 Å². The minimum absolute atomic E-state index is 0.0213. The van der Waals surface area contributed by atoms with Crippen LogP contribution in [0.15, 0.2) is 224 Å². The predicted molar refractivity (Wildman–Crippen MR) is 320 cm³/mol. The Balaban J connectivity index is 1.14. The minimum Gasteiger partial charge on any atom is -0.311 e. The SMILES string of the molecule is CC(C)(C)c1ccc(N2c3cc(-c4nc(-c5ccccc5)cc(-c5ccccc5)n4)cc4c3B(c3ccc5cc6ccccc6cc5c32)c2ccc3cc5ccccc5cc3c2N4c2ccc(C(C)(C)C)cc2)cc1. The Kier molecular flexibility index (Phi) is 10.1. The van der Waals surface area contributed by atoms with Gasteiger partial charge in [-0.15, -0.1) is 0 Å². The molecule has 0 amide bonds. The Morgan fingerprint density at radius 2 is 0.733 bits per heavy atom. The van der Waals surface area contributed by atoms with E-state index < -0.39 is 0 Å². The summed E-state index contributed by atoms with van der Waals surface area (Å²) in [5.41, 5.74) is 17.9. The summed E-state index contributed by atoms with van der Waals surface area (Å²) in [6.07, 6.45) is 0. The van der Waals surface area contributed by atoms with Crippen LogP contribution in [0.1, 0.15) is 52.7 Å². The van der Waals surface area contributed by atoms with Gasteiger partial charge in [0.15, 0.2) is 5.82 Å². The van der Waals surface area contributed by atoms with Crippen molar-refractivity contribution >= 4 is 100 Å². The molecule has 0 saturated carbocycles. The normalized spacial score (nSPS) is 13.1. The van der Waals surface area contributed by atoms with Gasteiger partial charge in [-0.25, -0.2) is 9.97 Å². The van der Waals surface area contributed by atoms with E-state index in [9.17, 15) is 0 Å². The summed E-state index contributed by atoms with van der Waals surface area (Å²) >= 11 is 0. The zero-order valence-electron chi connectivity index (χ0n) is 43.2. The molecule has 3 heterocycles. The third kappa shape index (κ3) is 7.43. The molecule has 1 aromatic heterocycles. The van der Waals surface area contributed by atoms with Crippen molar-refractivity contribution in [3.63, 3.8) is 0 Å². The highest BCUT2D eigenvalue weighted by Crippen LogP contribution is 2.50. The molecule has 2 aliphatic rings. The number of hydrogen-bond donors (Lipinski definition) is 0. The molecule has 0 fully saturated rings. The third-order valence-electron chi connectivity index (χ3n) is 15.9. The fraction of sp³-hybridized carbons (Fsp3) is 0.114. The van der Waals surface area contributed by atoms with Crippen LogP contribution >= 0.6 is 0 Å². The van der Waals surface area contributed by atoms with Gasteiger partial charge in [0.2, 0.25) is 0 Å². The lowest BCUT2D eigenvalue weighted by Gasteiger charge is -2.45. The van der Waals surface area contributed by atoms with Gasteiger partial charge in [-0.1, -0.05) is 199 Å². The van der Waals surface area contributed by atoms with Crippen LogP contribution in [0.4, 0.5) is 34.1 Å². The molecular formula is C70H55BN4.